The van der Waals surface area contributed by atoms with Crippen LogP contribution in [0.2, 0.25) is 15.2 Å². The van der Waals surface area contributed by atoms with Crippen molar-refractivity contribution in [3.05, 3.63) is 69.8 Å². The Kier molecular flexibility index (Phi) is 5.09. The van der Waals surface area contributed by atoms with Crippen LogP contribution in [0.1, 0.15) is 0 Å². The number of pyridine rings is 1. The van der Waals surface area contributed by atoms with Gasteiger partial charge in [-0.2, -0.15) is 0 Å². The first kappa shape index (κ1) is 18.6. The van der Waals surface area contributed by atoms with E-state index in [1.54, 1.807) is 54.6 Å². The number of imidazole rings is 1. The Hall–Kier alpha value is -2.80. The molecule has 2 N–H and O–H groups in total. The van der Waals surface area contributed by atoms with Crippen molar-refractivity contribution < 1.29 is 9.53 Å². The molecule has 4 rings (SSSR count). The third-order valence-electron chi connectivity index (χ3n) is 3.81. The second kappa shape index (κ2) is 7.67. The van der Waals surface area contributed by atoms with Crippen LogP contribution in [0, 0.1) is 0 Å². The normalized spacial score (nSPS) is 10.8. The number of hydrogen-bond acceptors (Lipinski definition) is 4. The zero-order valence-electron chi connectivity index (χ0n) is 14.0. The molecule has 0 saturated heterocycles. The van der Waals surface area contributed by atoms with Crippen molar-refractivity contribution in [2.75, 3.05) is 5.32 Å². The average Bonchev–Trinajstić information content (AvgIpc) is 3.04. The Balaban J connectivity index is 1.57. The van der Waals surface area contributed by atoms with Crippen LogP contribution in [0.25, 0.3) is 22.4 Å². The largest absolute Gasteiger partial charge is 0.418 e. The summed E-state index contributed by atoms with van der Waals surface area (Å²) >= 11 is 18.3. The molecule has 2 heterocycles. The van der Waals surface area contributed by atoms with Gasteiger partial charge in [-0.05, 0) is 36.4 Å². The lowest BCUT2D eigenvalue weighted by atomic mass is 10.2. The van der Waals surface area contributed by atoms with Gasteiger partial charge in [0.15, 0.2) is 0 Å². The zero-order valence-corrected chi connectivity index (χ0v) is 16.3. The number of H-pyrrole nitrogens is 1. The number of hydrogen-bond donors (Lipinski definition) is 2. The number of anilines is 1. The van der Waals surface area contributed by atoms with Gasteiger partial charge < -0.3 is 9.72 Å². The minimum absolute atomic E-state index is 0.266. The molecule has 140 valence electrons. The number of aromatic amines is 1. The first-order chi connectivity index (χ1) is 13.5. The molecule has 28 heavy (non-hydrogen) atoms. The molecule has 0 unspecified atom stereocenters. The van der Waals surface area contributed by atoms with Crippen molar-refractivity contribution in [2.45, 2.75) is 0 Å². The van der Waals surface area contributed by atoms with Crippen molar-refractivity contribution in [3.63, 3.8) is 0 Å². The van der Waals surface area contributed by atoms with Crippen LogP contribution in [-0.2, 0) is 0 Å². The van der Waals surface area contributed by atoms with E-state index in [2.05, 4.69) is 20.3 Å². The summed E-state index contributed by atoms with van der Waals surface area (Å²) in [5, 5.41) is 3.74. The van der Waals surface area contributed by atoms with Gasteiger partial charge in [-0.1, -0.05) is 46.9 Å². The topological polar surface area (TPSA) is 79.9 Å². The van der Waals surface area contributed by atoms with Gasteiger partial charge in [0.1, 0.15) is 22.5 Å². The number of nitrogens with zero attached hydrogens (tertiary/aromatic N) is 2. The summed E-state index contributed by atoms with van der Waals surface area (Å²) in [7, 11) is 0. The highest BCUT2D eigenvalue weighted by molar-refractivity contribution is 6.39. The lowest BCUT2D eigenvalue weighted by Crippen LogP contribution is -2.17. The van der Waals surface area contributed by atoms with E-state index in [0.29, 0.717) is 38.2 Å². The van der Waals surface area contributed by atoms with E-state index < -0.39 is 6.09 Å². The molecular weight excluding hydrogens is 423 g/mol. The first-order valence-electron chi connectivity index (χ1n) is 8.05. The van der Waals surface area contributed by atoms with E-state index in [1.165, 1.54) is 0 Å². The van der Waals surface area contributed by atoms with E-state index in [-0.39, 0.29) is 11.0 Å². The van der Waals surface area contributed by atoms with Gasteiger partial charge in [0.05, 0.1) is 26.6 Å². The van der Waals surface area contributed by atoms with E-state index in [1.807, 2.05) is 0 Å². The molecule has 6 nitrogen and oxygen atoms in total. The summed E-state index contributed by atoms with van der Waals surface area (Å²) in [6, 6.07) is 15.1. The van der Waals surface area contributed by atoms with Gasteiger partial charge in [0, 0.05) is 6.07 Å². The summed E-state index contributed by atoms with van der Waals surface area (Å²) in [5.74, 6) is 1.14. The highest BCUT2D eigenvalue weighted by Gasteiger charge is 2.14. The van der Waals surface area contributed by atoms with Gasteiger partial charge in [-0.25, -0.2) is 14.8 Å². The minimum atomic E-state index is -0.692. The molecule has 0 fully saturated rings. The van der Waals surface area contributed by atoms with Crippen molar-refractivity contribution in [3.8, 4) is 17.1 Å². The summed E-state index contributed by atoms with van der Waals surface area (Å²) in [6.45, 7) is 0. The van der Waals surface area contributed by atoms with Crippen molar-refractivity contribution in [2.24, 2.45) is 0 Å². The van der Waals surface area contributed by atoms with Crippen LogP contribution in [0.5, 0.6) is 5.75 Å². The molecule has 0 radical (unpaired) electrons. The van der Waals surface area contributed by atoms with Crippen molar-refractivity contribution in [1.29, 1.82) is 0 Å². The first-order valence-corrected chi connectivity index (χ1v) is 9.18. The van der Waals surface area contributed by atoms with E-state index in [4.69, 9.17) is 39.5 Å². The Labute approximate surface area is 174 Å². The summed E-state index contributed by atoms with van der Waals surface area (Å²) in [4.78, 5) is 23.7. The number of nitrogens with one attached hydrogen (secondary N) is 2. The third kappa shape index (κ3) is 3.89. The maximum atomic E-state index is 12.1. The predicted molar refractivity (Wildman–Crippen MR) is 110 cm³/mol. The van der Waals surface area contributed by atoms with E-state index >= 15 is 0 Å². The summed E-state index contributed by atoms with van der Waals surface area (Å²) in [5.41, 5.74) is 1.95. The van der Waals surface area contributed by atoms with Gasteiger partial charge in [-0.15, -0.1) is 0 Å². The number of ether oxygens (including phenoxy) is 1. The summed E-state index contributed by atoms with van der Waals surface area (Å²) < 4.78 is 5.30. The van der Waals surface area contributed by atoms with Crippen LogP contribution in [-0.4, -0.2) is 21.0 Å². The molecule has 2 aromatic carbocycles. The second-order valence-electron chi connectivity index (χ2n) is 5.72. The lowest BCUT2D eigenvalue weighted by Gasteiger charge is -2.06. The molecule has 0 atom stereocenters. The molecule has 0 aliphatic heterocycles. The lowest BCUT2D eigenvalue weighted by molar-refractivity contribution is 0.215. The number of halogens is 3. The highest BCUT2D eigenvalue weighted by atomic mass is 35.5. The molecule has 0 bridgehead atoms. The smallest absolute Gasteiger partial charge is 0.410 e. The standard InChI is InChI=1S/C19H11Cl3N4O2/c20-11-3-1-4-12(21)17(11)18-23-13-8-7-10(9-14(13)24-18)28-19(27)26-16-6-2-5-15(22)25-16/h1-9H,(H,23,24)(H,25,26,27). The fourth-order valence-corrected chi connectivity index (χ4v) is 3.35. The third-order valence-corrected chi connectivity index (χ3v) is 4.65. The molecule has 4 aromatic rings. The average molecular weight is 434 g/mol. The number of rotatable bonds is 3. The number of aromatic nitrogens is 3. The van der Waals surface area contributed by atoms with Crippen molar-refractivity contribution in [1.82, 2.24) is 15.0 Å². The quantitative estimate of drug-likeness (QED) is 0.377. The molecule has 0 spiro atoms. The number of fused-ring (bicyclic) bond motifs is 1. The Morgan fingerprint density at radius 1 is 0.964 bits per heavy atom. The molecular formula is C19H11Cl3N4O2. The van der Waals surface area contributed by atoms with Crippen LogP contribution in [0.15, 0.2) is 54.6 Å². The molecule has 2 aromatic heterocycles. The van der Waals surface area contributed by atoms with Gasteiger partial charge in [-0.3, -0.25) is 5.32 Å². The van der Waals surface area contributed by atoms with Gasteiger partial charge in [0.25, 0.3) is 0 Å². The molecule has 0 aliphatic rings. The highest BCUT2D eigenvalue weighted by Crippen LogP contribution is 2.34. The molecule has 9 heteroatoms. The molecule has 0 aliphatic carbocycles. The Bertz CT molecular complexity index is 1170. The number of amides is 1. The molecule has 0 saturated carbocycles. The maximum Gasteiger partial charge on any atom is 0.418 e. The van der Waals surface area contributed by atoms with Crippen molar-refractivity contribution >= 4 is 57.7 Å². The summed E-state index contributed by atoms with van der Waals surface area (Å²) in [6.07, 6.45) is -0.692. The van der Waals surface area contributed by atoms with E-state index in [9.17, 15) is 4.79 Å². The SMILES string of the molecule is O=C(Nc1cccc(Cl)n1)Oc1ccc2nc(-c3c(Cl)cccc3Cl)[nH]c2c1. The Morgan fingerprint density at radius 2 is 1.71 bits per heavy atom. The van der Waals surface area contributed by atoms with Crippen LogP contribution >= 0.6 is 34.8 Å². The number of carbonyl (C=O) groups excluding carboxylic acids is 1. The second-order valence-corrected chi connectivity index (χ2v) is 6.92. The van der Waals surface area contributed by atoms with Crippen LogP contribution in [0.4, 0.5) is 10.6 Å². The number of benzene rings is 2. The van der Waals surface area contributed by atoms with Gasteiger partial charge in [0.2, 0.25) is 0 Å². The van der Waals surface area contributed by atoms with E-state index in [0.717, 1.165) is 0 Å². The maximum absolute atomic E-state index is 12.1. The minimum Gasteiger partial charge on any atom is -0.410 e. The fraction of sp³-hybridized carbons (Fsp3) is 0. The molecule has 1 amide bonds. The number of carbonyl (C=O) groups is 1. The fourth-order valence-electron chi connectivity index (χ4n) is 2.61. The van der Waals surface area contributed by atoms with Crippen LogP contribution in [0.3, 0.4) is 0 Å². The van der Waals surface area contributed by atoms with Crippen LogP contribution < -0.4 is 10.1 Å². The Morgan fingerprint density at radius 3 is 2.46 bits per heavy atom. The zero-order chi connectivity index (χ0) is 19.7. The monoisotopic (exact) mass is 432 g/mol. The predicted octanol–water partition coefficient (Wildman–Crippen LogP) is 6.20. The van der Waals surface area contributed by atoms with Gasteiger partial charge >= 0.3 is 6.09 Å².